The van der Waals surface area contributed by atoms with Gasteiger partial charge in [0.1, 0.15) is 11.2 Å². The second-order valence-corrected chi connectivity index (χ2v) is 14.6. The van der Waals surface area contributed by atoms with E-state index in [0.717, 1.165) is 76.9 Å². The molecular weight excluding hydrogens is 703 g/mol. The van der Waals surface area contributed by atoms with Crippen LogP contribution in [-0.4, -0.2) is 0 Å². The molecule has 0 bridgehead atoms. The number of hydrogen-bond acceptors (Lipinski definition) is 2. The zero-order valence-corrected chi connectivity index (χ0v) is 31.4. The molecule has 272 valence electrons. The fraction of sp³-hybridized carbons (Fsp3) is 0. The molecule has 11 rings (SSSR count). The summed E-state index contributed by atoms with van der Waals surface area (Å²) in [7, 11) is 0. The molecule has 0 aliphatic heterocycles. The summed E-state index contributed by atoms with van der Waals surface area (Å²) >= 11 is 0. The molecule has 0 aliphatic carbocycles. The maximum atomic E-state index is 9.62. The summed E-state index contributed by atoms with van der Waals surface area (Å²) in [4.78, 5) is 1.84. The average molecular weight is 744 g/mol. The van der Waals surface area contributed by atoms with Crippen molar-refractivity contribution < 1.29 is 9.90 Å². The molecule has 0 saturated heterocycles. The van der Waals surface area contributed by atoms with Crippen molar-refractivity contribution in [2.75, 3.05) is 4.90 Å². The van der Waals surface area contributed by atoms with E-state index in [1.54, 1.807) is 0 Å². The fourth-order valence-corrected chi connectivity index (χ4v) is 8.32. The zero-order chi connectivity index (χ0) is 41.9. The highest BCUT2D eigenvalue weighted by Gasteiger charge is 2.17. The van der Waals surface area contributed by atoms with Gasteiger partial charge in [0.15, 0.2) is 0 Å². The van der Waals surface area contributed by atoms with Crippen LogP contribution in [0, 0.1) is 0 Å². The molecule has 58 heavy (non-hydrogen) atoms. The average Bonchev–Trinajstić information content (AvgIpc) is 3.71. The highest BCUT2D eigenvalue weighted by molar-refractivity contribution is 6.09. The fourth-order valence-electron chi connectivity index (χ4n) is 8.32. The van der Waals surface area contributed by atoms with Crippen molar-refractivity contribution in [1.82, 2.24) is 0 Å². The van der Waals surface area contributed by atoms with Gasteiger partial charge in [-0.25, -0.2) is 0 Å². The minimum Gasteiger partial charge on any atom is -0.455 e. The summed E-state index contributed by atoms with van der Waals surface area (Å²) in [6, 6.07) is 66.7. The maximum absolute atomic E-state index is 9.62. The number of anilines is 3. The van der Waals surface area contributed by atoms with Crippen LogP contribution in [-0.2, 0) is 0 Å². The molecule has 2 nitrogen and oxygen atoms in total. The summed E-state index contributed by atoms with van der Waals surface area (Å²) in [6.45, 7) is 0. The molecule has 0 radical (unpaired) electrons. The molecule has 1 heterocycles. The molecule has 0 spiro atoms. The van der Waals surface area contributed by atoms with Gasteiger partial charge in [0.05, 0.1) is 5.48 Å². The van der Waals surface area contributed by atoms with Crippen LogP contribution in [0.15, 0.2) is 229 Å². The quantitative estimate of drug-likeness (QED) is 0.162. The molecule has 0 atom stereocenters. The maximum Gasteiger partial charge on any atom is 0.143 e. The zero-order valence-electron chi connectivity index (χ0n) is 35.4. The Morgan fingerprint density at radius 2 is 0.810 bits per heavy atom. The van der Waals surface area contributed by atoms with E-state index in [0.29, 0.717) is 16.9 Å². The van der Waals surface area contributed by atoms with Gasteiger partial charge in [0.25, 0.3) is 0 Å². The van der Waals surface area contributed by atoms with E-state index in [-0.39, 0.29) is 35.4 Å². The Labute approximate surface area is 343 Å². The second kappa shape index (κ2) is 14.1. The van der Waals surface area contributed by atoms with Crippen LogP contribution in [0.4, 0.5) is 17.1 Å². The van der Waals surface area contributed by atoms with Crippen molar-refractivity contribution >= 4 is 60.5 Å². The van der Waals surface area contributed by atoms with Gasteiger partial charge in [-0.2, -0.15) is 0 Å². The van der Waals surface area contributed by atoms with Gasteiger partial charge in [-0.15, -0.1) is 0 Å². The molecule has 1 aromatic heterocycles. The first kappa shape index (κ1) is 29.6. The normalized spacial score (nSPS) is 12.4. The van der Waals surface area contributed by atoms with Crippen molar-refractivity contribution in [3.63, 3.8) is 0 Å². The smallest absolute Gasteiger partial charge is 0.143 e. The summed E-state index contributed by atoms with van der Waals surface area (Å²) in [5.74, 6) is 0. The molecule has 0 amide bonds. The van der Waals surface area contributed by atoms with E-state index in [1.165, 1.54) is 0 Å². The molecule has 2 heteroatoms. The first-order valence-electron chi connectivity index (χ1n) is 21.5. The molecule has 0 aliphatic rings. The van der Waals surface area contributed by atoms with E-state index < -0.39 is 0 Å². The van der Waals surface area contributed by atoms with Crippen LogP contribution < -0.4 is 4.90 Å². The summed E-state index contributed by atoms with van der Waals surface area (Å²) in [5, 5.41) is 6.63. The number of benzene rings is 10. The van der Waals surface area contributed by atoms with Crippen molar-refractivity contribution in [2.24, 2.45) is 0 Å². The van der Waals surface area contributed by atoms with Gasteiger partial charge in [-0.1, -0.05) is 176 Å². The van der Waals surface area contributed by atoms with E-state index >= 15 is 0 Å². The number of furan rings is 1. The lowest BCUT2D eigenvalue weighted by atomic mass is 9.95. The van der Waals surface area contributed by atoms with Gasteiger partial charge in [-0.05, 0) is 109 Å². The standard InChI is InChI=1S/C56H37NO/c1-3-17-48-39(11-1)13-8-20-50(48)41-27-33-46(34-28-41)57(47-35-29-42(30-36-47)52-22-10-23-54-53-19-5-6-24-55(53)58-56(52)54)45-31-25-38(26-32-45)43-15-7-16-44(37-43)51-21-9-14-40-12-2-4-18-49(40)51/h1-37H/i25D,26D,31D,32D. The Hall–Kier alpha value is -7.68. The van der Waals surface area contributed by atoms with E-state index in [1.807, 2.05) is 120 Å². The molecule has 0 N–H and O–H groups in total. The van der Waals surface area contributed by atoms with Gasteiger partial charge >= 0.3 is 0 Å². The molecular formula is C56H37NO. The Morgan fingerprint density at radius 3 is 1.48 bits per heavy atom. The topological polar surface area (TPSA) is 16.4 Å². The lowest BCUT2D eigenvalue weighted by Gasteiger charge is -2.26. The first-order chi connectivity index (χ1) is 30.4. The van der Waals surface area contributed by atoms with E-state index in [2.05, 4.69) is 84.9 Å². The van der Waals surface area contributed by atoms with Gasteiger partial charge in [0, 0.05) is 33.4 Å². The van der Waals surface area contributed by atoms with Crippen LogP contribution in [0.5, 0.6) is 0 Å². The highest BCUT2D eigenvalue weighted by atomic mass is 16.3. The molecule has 0 fully saturated rings. The first-order valence-corrected chi connectivity index (χ1v) is 19.5. The largest absolute Gasteiger partial charge is 0.455 e. The predicted octanol–water partition coefficient (Wildman–Crippen LogP) is 16.0. The van der Waals surface area contributed by atoms with Crippen LogP contribution in [0.25, 0.3) is 88.0 Å². The Kier molecular flexibility index (Phi) is 7.20. The number of hydrogen-bond donors (Lipinski definition) is 0. The summed E-state index contributed by atoms with van der Waals surface area (Å²) in [6.07, 6.45) is 0. The van der Waals surface area contributed by atoms with Gasteiger partial charge in [0.2, 0.25) is 0 Å². The number of nitrogens with zero attached hydrogens (tertiary/aromatic N) is 1. The number of fused-ring (bicyclic) bond motifs is 5. The van der Waals surface area contributed by atoms with E-state index in [4.69, 9.17) is 4.42 Å². The van der Waals surface area contributed by atoms with Crippen molar-refractivity contribution in [3.05, 3.63) is 224 Å². The monoisotopic (exact) mass is 743 g/mol. The van der Waals surface area contributed by atoms with Gasteiger partial charge < -0.3 is 9.32 Å². The van der Waals surface area contributed by atoms with Gasteiger partial charge in [-0.3, -0.25) is 0 Å². The van der Waals surface area contributed by atoms with E-state index in [9.17, 15) is 5.48 Å². The number of rotatable bonds is 7. The van der Waals surface area contributed by atoms with Crippen LogP contribution in [0.1, 0.15) is 5.48 Å². The SMILES string of the molecule is [2H]c1c([2H])c(N(c2ccc(-c3cccc4ccccc34)cc2)c2ccc(-c3cccc4c3oc3ccccc34)cc2)c([2H])c([2H])c1-c1cccc(-c2cccc3ccccc23)c1. The summed E-state index contributed by atoms with van der Waals surface area (Å²) in [5.41, 5.74) is 10.1. The minimum atomic E-state index is -0.134. The highest BCUT2D eigenvalue weighted by Crippen LogP contribution is 2.41. The third-order valence-corrected chi connectivity index (χ3v) is 11.2. The van der Waals surface area contributed by atoms with Crippen LogP contribution in [0.3, 0.4) is 0 Å². The van der Waals surface area contributed by atoms with Crippen molar-refractivity contribution in [1.29, 1.82) is 0 Å². The third kappa shape index (κ3) is 5.91. The second-order valence-electron chi connectivity index (χ2n) is 14.6. The van der Waals surface area contributed by atoms with Crippen molar-refractivity contribution in [2.45, 2.75) is 0 Å². The molecule has 11 aromatic rings. The minimum absolute atomic E-state index is 0.110. The van der Waals surface area contributed by atoms with Crippen LogP contribution >= 0.6 is 0 Å². The lowest BCUT2D eigenvalue weighted by molar-refractivity contribution is 0.670. The molecule has 10 aromatic carbocycles. The molecule has 0 unspecified atom stereocenters. The summed E-state index contributed by atoms with van der Waals surface area (Å²) < 4.78 is 44.6. The van der Waals surface area contributed by atoms with Crippen LogP contribution in [0.2, 0.25) is 0 Å². The van der Waals surface area contributed by atoms with Crippen molar-refractivity contribution in [3.8, 4) is 44.5 Å². The number of para-hydroxylation sites is 2. The Balaban J connectivity index is 1.05. The Bertz CT molecular complexity index is 3480. The predicted molar refractivity (Wildman–Crippen MR) is 245 cm³/mol. The Morgan fingerprint density at radius 1 is 0.328 bits per heavy atom. The molecule has 0 saturated carbocycles. The lowest BCUT2D eigenvalue weighted by Crippen LogP contribution is -2.09. The third-order valence-electron chi connectivity index (χ3n) is 11.2.